The van der Waals surface area contributed by atoms with Gasteiger partial charge in [0.15, 0.2) is 0 Å². The minimum absolute atomic E-state index is 0.0237. The van der Waals surface area contributed by atoms with Gasteiger partial charge in [-0.05, 0) is 37.5 Å². The summed E-state index contributed by atoms with van der Waals surface area (Å²) in [6.07, 6.45) is 9.12. The van der Waals surface area contributed by atoms with Gasteiger partial charge in [0.05, 0.1) is 10.6 Å². The van der Waals surface area contributed by atoms with Crippen LogP contribution in [-0.4, -0.2) is 17.9 Å². The number of carbonyl (C=O) groups excluding carboxylic acids is 2. The van der Waals surface area contributed by atoms with Gasteiger partial charge in [0.1, 0.15) is 0 Å². The van der Waals surface area contributed by atoms with Gasteiger partial charge in [-0.2, -0.15) is 0 Å². The topological polar surface area (TPSA) is 58.2 Å². The minimum atomic E-state index is -0.158. The Morgan fingerprint density at radius 2 is 1.92 bits per heavy atom. The van der Waals surface area contributed by atoms with Crippen molar-refractivity contribution in [3.8, 4) is 0 Å². The molecule has 0 spiro atoms. The van der Waals surface area contributed by atoms with Gasteiger partial charge in [-0.1, -0.05) is 50.6 Å². The summed E-state index contributed by atoms with van der Waals surface area (Å²) in [5.74, 6) is -0.182. The second kappa shape index (κ2) is 9.67. The smallest absolute Gasteiger partial charge is 0.253 e. The van der Waals surface area contributed by atoms with Crippen LogP contribution < -0.4 is 10.6 Å². The molecule has 0 atom stereocenters. The van der Waals surface area contributed by atoms with Gasteiger partial charge >= 0.3 is 0 Å². The first-order valence-corrected chi connectivity index (χ1v) is 9.38. The number of carbonyl (C=O) groups is 2. The molecule has 2 rings (SSSR count). The predicted octanol–water partition coefficient (Wildman–Crippen LogP) is 4.92. The Balaban J connectivity index is 1.96. The zero-order valence-electron chi connectivity index (χ0n) is 14.4. The molecule has 1 saturated carbocycles. The molecule has 4 nitrogen and oxygen atoms in total. The number of halogens is 1. The SMILES string of the molecule is CCCCCC(=O)Nc1ccc(Cl)c(C(=O)NC2CCCCC2)c1. The fourth-order valence-corrected chi connectivity index (χ4v) is 3.25. The Labute approximate surface area is 149 Å². The van der Waals surface area contributed by atoms with Crippen molar-refractivity contribution >= 4 is 29.1 Å². The zero-order chi connectivity index (χ0) is 17.4. The molecular weight excluding hydrogens is 324 g/mol. The van der Waals surface area contributed by atoms with Crippen molar-refractivity contribution < 1.29 is 9.59 Å². The molecule has 0 unspecified atom stereocenters. The lowest BCUT2D eigenvalue weighted by atomic mass is 9.95. The molecule has 0 aromatic heterocycles. The van der Waals surface area contributed by atoms with Crippen LogP contribution in [0.5, 0.6) is 0 Å². The molecule has 0 saturated heterocycles. The van der Waals surface area contributed by atoms with Crippen molar-refractivity contribution in [1.82, 2.24) is 5.32 Å². The molecule has 0 bridgehead atoms. The first-order valence-electron chi connectivity index (χ1n) is 9.00. The van der Waals surface area contributed by atoms with Gasteiger partial charge in [-0.15, -0.1) is 0 Å². The van der Waals surface area contributed by atoms with Crippen molar-refractivity contribution in [2.24, 2.45) is 0 Å². The molecule has 132 valence electrons. The highest BCUT2D eigenvalue weighted by Crippen LogP contribution is 2.23. The summed E-state index contributed by atoms with van der Waals surface area (Å²) in [6, 6.07) is 5.30. The molecular formula is C19H27ClN2O2. The normalized spacial score (nSPS) is 15.1. The molecule has 1 aromatic rings. The third kappa shape index (κ3) is 5.82. The van der Waals surface area contributed by atoms with Crippen LogP contribution in [0.4, 0.5) is 5.69 Å². The van der Waals surface area contributed by atoms with Crippen LogP contribution >= 0.6 is 11.6 Å². The molecule has 0 heterocycles. The summed E-state index contributed by atoms with van der Waals surface area (Å²) >= 11 is 6.17. The van der Waals surface area contributed by atoms with Gasteiger partial charge < -0.3 is 10.6 Å². The third-order valence-corrected chi connectivity index (χ3v) is 4.77. The molecule has 2 amide bonds. The average molecular weight is 351 g/mol. The van der Waals surface area contributed by atoms with E-state index < -0.39 is 0 Å². The molecule has 1 aliphatic carbocycles. The Hall–Kier alpha value is -1.55. The molecule has 24 heavy (non-hydrogen) atoms. The van der Waals surface area contributed by atoms with E-state index in [1.807, 2.05) is 0 Å². The number of rotatable bonds is 7. The first-order chi connectivity index (χ1) is 11.6. The first kappa shape index (κ1) is 18.8. The fraction of sp³-hybridized carbons (Fsp3) is 0.579. The number of hydrogen-bond acceptors (Lipinski definition) is 2. The Kier molecular flexibility index (Phi) is 7.57. The van der Waals surface area contributed by atoms with Gasteiger partial charge in [0.2, 0.25) is 5.91 Å². The van der Waals surface area contributed by atoms with Crippen molar-refractivity contribution in [3.63, 3.8) is 0 Å². The molecule has 1 aliphatic rings. The molecule has 0 radical (unpaired) electrons. The molecule has 0 aliphatic heterocycles. The summed E-state index contributed by atoms with van der Waals surface area (Å²) in [5.41, 5.74) is 1.04. The number of amides is 2. The lowest BCUT2D eigenvalue weighted by Crippen LogP contribution is -2.36. The highest BCUT2D eigenvalue weighted by Gasteiger charge is 2.18. The van der Waals surface area contributed by atoms with Crippen LogP contribution in [0.2, 0.25) is 5.02 Å². The Bertz CT molecular complexity index is 568. The highest BCUT2D eigenvalue weighted by molar-refractivity contribution is 6.34. The number of nitrogens with one attached hydrogen (secondary N) is 2. The monoisotopic (exact) mass is 350 g/mol. The number of unbranched alkanes of at least 4 members (excludes halogenated alkanes) is 2. The van der Waals surface area contributed by atoms with E-state index >= 15 is 0 Å². The van der Waals surface area contributed by atoms with Crippen LogP contribution in [0.3, 0.4) is 0 Å². The van der Waals surface area contributed by atoms with Crippen molar-refractivity contribution in [2.75, 3.05) is 5.32 Å². The minimum Gasteiger partial charge on any atom is -0.349 e. The van der Waals surface area contributed by atoms with E-state index in [0.717, 1.165) is 44.9 Å². The lowest BCUT2D eigenvalue weighted by Gasteiger charge is -2.23. The number of anilines is 1. The van der Waals surface area contributed by atoms with E-state index in [0.29, 0.717) is 22.7 Å². The number of hydrogen-bond donors (Lipinski definition) is 2. The number of benzene rings is 1. The van der Waals surface area contributed by atoms with Crippen LogP contribution in [0.1, 0.15) is 75.1 Å². The van der Waals surface area contributed by atoms with Gasteiger partial charge in [-0.3, -0.25) is 9.59 Å². The van der Waals surface area contributed by atoms with Crippen LogP contribution in [-0.2, 0) is 4.79 Å². The lowest BCUT2D eigenvalue weighted by molar-refractivity contribution is -0.116. The largest absolute Gasteiger partial charge is 0.349 e. The van der Waals surface area contributed by atoms with E-state index in [1.54, 1.807) is 18.2 Å². The summed E-state index contributed by atoms with van der Waals surface area (Å²) in [5, 5.41) is 6.32. The molecule has 5 heteroatoms. The van der Waals surface area contributed by atoms with Crippen LogP contribution in [0.15, 0.2) is 18.2 Å². The quantitative estimate of drug-likeness (QED) is 0.685. The van der Waals surface area contributed by atoms with Crippen molar-refractivity contribution in [3.05, 3.63) is 28.8 Å². The predicted molar refractivity (Wildman–Crippen MR) is 98.6 cm³/mol. The highest BCUT2D eigenvalue weighted by atomic mass is 35.5. The average Bonchev–Trinajstić information content (AvgIpc) is 2.57. The van der Waals surface area contributed by atoms with Crippen LogP contribution in [0.25, 0.3) is 0 Å². The molecule has 1 aromatic carbocycles. The van der Waals surface area contributed by atoms with E-state index in [9.17, 15) is 9.59 Å². The van der Waals surface area contributed by atoms with Crippen molar-refractivity contribution in [2.45, 2.75) is 70.8 Å². The third-order valence-electron chi connectivity index (χ3n) is 4.44. The maximum absolute atomic E-state index is 12.5. The van der Waals surface area contributed by atoms with Gasteiger partial charge in [0, 0.05) is 18.2 Å². The van der Waals surface area contributed by atoms with Crippen LogP contribution in [0, 0.1) is 0 Å². The van der Waals surface area contributed by atoms with Gasteiger partial charge in [0.25, 0.3) is 5.91 Å². The fourth-order valence-electron chi connectivity index (χ4n) is 3.05. The Morgan fingerprint density at radius 3 is 2.62 bits per heavy atom. The maximum atomic E-state index is 12.5. The van der Waals surface area contributed by atoms with E-state index in [-0.39, 0.29) is 17.9 Å². The second-order valence-corrected chi connectivity index (χ2v) is 6.92. The molecule has 2 N–H and O–H groups in total. The van der Waals surface area contributed by atoms with E-state index in [4.69, 9.17) is 11.6 Å². The summed E-state index contributed by atoms with van der Waals surface area (Å²) in [7, 11) is 0. The van der Waals surface area contributed by atoms with E-state index in [1.165, 1.54) is 6.42 Å². The summed E-state index contributed by atoms with van der Waals surface area (Å²) in [6.45, 7) is 2.11. The van der Waals surface area contributed by atoms with E-state index in [2.05, 4.69) is 17.6 Å². The molecule has 1 fully saturated rings. The summed E-state index contributed by atoms with van der Waals surface area (Å²) < 4.78 is 0. The standard InChI is InChI=1S/C19H27ClN2O2/c1-2-3-5-10-18(23)21-15-11-12-17(20)16(13-15)19(24)22-14-8-6-4-7-9-14/h11-14H,2-10H2,1H3,(H,21,23)(H,22,24). The van der Waals surface area contributed by atoms with Gasteiger partial charge in [-0.25, -0.2) is 0 Å². The summed E-state index contributed by atoms with van der Waals surface area (Å²) in [4.78, 5) is 24.4. The second-order valence-electron chi connectivity index (χ2n) is 6.51. The maximum Gasteiger partial charge on any atom is 0.253 e. The zero-order valence-corrected chi connectivity index (χ0v) is 15.1. The Morgan fingerprint density at radius 1 is 1.17 bits per heavy atom. The van der Waals surface area contributed by atoms with Crippen molar-refractivity contribution in [1.29, 1.82) is 0 Å².